The lowest BCUT2D eigenvalue weighted by Gasteiger charge is -2.15. The number of benzene rings is 1. The van der Waals surface area contributed by atoms with Gasteiger partial charge in [-0.25, -0.2) is 4.98 Å². The molecule has 0 bridgehead atoms. The van der Waals surface area contributed by atoms with E-state index in [-0.39, 0.29) is 11.8 Å². The second-order valence-electron chi connectivity index (χ2n) is 6.50. The molecule has 25 heavy (non-hydrogen) atoms. The number of carbonyl (C=O) groups excluding carboxylic acids is 1. The predicted octanol–water partition coefficient (Wildman–Crippen LogP) is 4.08. The average Bonchev–Trinajstić information content (AvgIpc) is 2.94. The van der Waals surface area contributed by atoms with Crippen molar-refractivity contribution in [1.29, 1.82) is 0 Å². The summed E-state index contributed by atoms with van der Waals surface area (Å²) in [5.41, 5.74) is 2.62. The molecule has 0 aliphatic heterocycles. The molecule has 2 heterocycles. The second kappa shape index (κ2) is 7.05. The molecular weight excluding hydrogens is 314 g/mol. The third kappa shape index (κ3) is 3.40. The molecule has 0 saturated heterocycles. The van der Waals surface area contributed by atoms with Crippen molar-refractivity contribution in [2.45, 2.75) is 44.8 Å². The highest BCUT2D eigenvalue weighted by atomic mass is 16.5. The Bertz CT molecular complexity index is 873. The number of ketones is 1. The molecule has 1 aliphatic rings. The molecule has 4 rings (SSSR count). The van der Waals surface area contributed by atoms with Gasteiger partial charge in [0.15, 0.2) is 11.4 Å². The first-order valence-corrected chi connectivity index (χ1v) is 8.84. The van der Waals surface area contributed by atoms with E-state index in [0.29, 0.717) is 18.9 Å². The van der Waals surface area contributed by atoms with Gasteiger partial charge in [0.05, 0.1) is 12.4 Å². The van der Waals surface area contributed by atoms with Crippen LogP contribution in [-0.4, -0.2) is 20.3 Å². The highest BCUT2D eigenvalue weighted by Gasteiger charge is 2.24. The number of aromatic nitrogens is 3. The number of ether oxygens (including phenoxy) is 1. The minimum absolute atomic E-state index is 0.149. The van der Waals surface area contributed by atoms with E-state index in [0.717, 1.165) is 42.4 Å². The Labute approximate surface area is 146 Å². The molecule has 0 N–H and O–H groups in total. The van der Waals surface area contributed by atoms with Gasteiger partial charge in [-0.2, -0.15) is 4.98 Å². The molecule has 1 fully saturated rings. The van der Waals surface area contributed by atoms with Gasteiger partial charge in [-0.05, 0) is 24.5 Å². The normalized spacial score (nSPS) is 18.2. The second-order valence-corrected chi connectivity index (χ2v) is 6.50. The largest absolute Gasteiger partial charge is 0.473 e. The third-order valence-electron chi connectivity index (χ3n) is 4.73. The van der Waals surface area contributed by atoms with E-state index in [4.69, 9.17) is 4.74 Å². The molecule has 1 aliphatic carbocycles. The van der Waals surface area contributed by atoms with Gasteiger partial charge in [-0.15, -0.1) is 0 Å². The minimum Gasteiger partial charge on any atom is -0.473 e. The molecule has 3 aromatic rings. The van der Waals surface area contributed by atoms with E-state index in [2.05, 4.69) is 9.97 Å². The number of imidazole rings is 1. The summed E-state index contributed by atoms with van der Waals surface area (Å²) < 4.78 is 7.76. The molecule has 1 aromatic carbocycles. The molecule has 0 spiro atoms. The summed E-state index contributed by atoms with van der Waals surface area (Å²) >= 11 is 0. The quantitative estimate of drug-likeness (QED) is 0.674. The predicted molar refractivity (Wildman–Crippen MR) is 95.4 cm³/mol. The number of pyridine rings is 1. The van der Waals surface area contributed by atoms with Crippen LogP contribution in [-0.2, 0) is 11.4 Å². The highest BCUT2D eigenvalue weighted by Crippen LogP contribution is 2.28. The van der Waals surface area contributed by atoms with Crippen molar-refractivity contribution in [3.8, 4) is 5.88 Å². The maximum Gasteiger partial charge on any atom is 0.215 e. The molecule has 0 amide bonds. The maximum atomic E-state index is 12.4. The average molecular weight is 335 g/mol. The van der Waals surface area contributed by atoms with Crippen molar-refractivity contribution < 1.29 is 9.53 Å². The molecule has 1 saturated carbocycles. The molecule has 1 atom stereocenters. The van der Waals surface area contributed by atoms with Gasteiger partial charge < -0.3 is 9.30 Å². The summed E-state index contributed by atoms with van der Waals surface area (Å²) in [6.07, 6.45) is 6.43. The van der Waals surface area contributed by atoms with Crippen molar-refractivity contribution in [3.63, 3.8) is 0 Å². The van der Waals surface area contributed by atoms with Gasteiger partial charge >= 0.3 is 0 Å². The van der Waals surface area contributed by atoms with Crippen LogP contribution < -0.4 is 4.74 Å². The van der Waals surface area contributed by atoms with Crippen molar-refractivity contribution in [2.24, 2.45) is 0 Å². The minimum atomic E-state index is -0.149. The van der Waals surface area contributed by atoms with Crippen LogP contribution in [0.25, 0.3) is 11.2 Å². The smallest absolute Gasteiger partial charge is 0.215 e. The van der Waals surface area contributed by atoms with Gasteiger partial charge in [-0.3, -0.25) is 4.79 Å². The summed E-state index contributed by atoms with van der Waals surface area (Å²) in [5.74, 6) is 0.841. The van der Waals surface area contributed by atoms with Crippen LogP contribution in [0.3, 0.4) is 0 Å². The lowest BCUT2D eigenvalue weighted by molar-refractivity contribution is -0.122. The van der Waals surface area contributed by atoms with Gasteiger partial charge in [-0.1, -0.05) is 43.2 Å². The van der Waals surface area contributed by atoms with Gasteiger partial charge in [0, 0.05) is 12.5 Å². The number of carbonyl (C=O) groups is 1. The maximum absolute atomic E-state index is 12.4. The first kappa shape index (κ1) is 15.8. The Morgan fingerprint density at radius 3 is 2.84 bits per heavy atom. The van der Waals surface area contributed by atoms with Crippen LogP contribution >= 0.6 is 0 Å². The Morgan fingerprint density at radius 2 is 1.96 bits per heavy atom. The Balaban J connectivity index is 1.60. The Kier molecular flexibility index (Phi) is 4.46. The fraction of sp³-hybridized carbons (Fsp3) is 0.350. The summed E-state index contributed by atoms with van der Waals surface area (Å²) in [6.45, 7) is 0.468. The van der Waals surface area contributed by atoms with Crippen molar-refractivity contribution in [2.75, 3.05) is 0 Å². The van der Waals surface area contributed by atoms with Crippen molar-refractivity contribution >= 4 is 16.9 Å². The van der Waals surface area contributed by atoms with E-state index in [1.165, 1.54) is 0 Å². The van der Waals surface area contributed by atoms with Gasteiger partial charge in [0.2, 0.25) is 5.88 Å². The van der Waals surface area contributed by atoms with Gasteiger partial charge in [0.1, 0.15) is 12.1 Å². The van der Waals surface area contributed by atoms with Crippen LogP contribution in [0, 0.1) is 0 Å². The molecule has 5 nitrogen and oxygen atoms in total. The third-order valence-corrected chi connectivity index (χ3v) is 4.73. The van der Waals surface area contributed by atoms with Crippen LogP contribution in [0.15, 0.2) is 48.8 Å². The highest BCUT2D eigenvalue weighted by molar-refractivity contribution is 5.84. The Morgan fingerprint density at radius 1 is 1.08 bits per heavy atom. The van der Waals surface area contributed by atoms with Crippen molar-refractivity contribution in [1.82, 2.24) is 14.5 Å². The van der Waals surface area contributed by atoms with E-state index in [1.54, 1.807) is 6.33 Å². The zero-order valence-electron chi connectivity index (χ0n) is 14.1. The summed E-state index contributed by atoms with van der Waals surface area (Å²) in [4.78, 5) is 21.5. The number of Topliss-reactive ketones (excluding diaryl/α,β-unsaturated/α-hetero) is 1. The molecular formula is C20H21N3O2. The van der Waals surface area contributed by atoms with E-state index < -0.39 is 0 Å². The SMILES string of the molecule is O=C1CCCCCC1n1cnc2ccc(OCc3ccccc3)nc21. The zero-order chi connectivity index (χ0) is 17.1. The molecule has 128 valence electrons. The van der Waals surface area contributed by atoms with Crippen LogP contribution in [0.4, 0.5) is 0 Å². The van der Waals surface area contributed by atoms with E-state index in [1.807, 2.05) is 47.0 Å². The molecule has 5 heteroatoms. The lowest BCUT2D eigenvalue weighted by Crippen LogP contribution is -2.17. The van der Waals surface area contributed by atoms with Crippen LogP contribution in [0.2, 0.25) is 0 Å². The number of nitrogens with zero attached hydrogens (tertiary/aromatic N) is 3. The topological polar surface area (TPSA) is 57.0 Å². The fourth-order valence-corrected chi connectivity index (χ4v) is 3.37. The number of hydrogen-bond donors (Lipinski definition) is 0. The molecule has 2 aromatic heterocycles. The molecule has 0 radical (unpaired) electrons. The summed E-state index contributed by atoms with van der Waals surface area (Å²) in [7, 11) is 0. The van der Waals surface area contributed by atoms with Gasteiger partial charge in [0.25, 0.3) is 0 Å². The fourth-order valence-electron chi connectivity index (χ4n) is 3.37. The number of hydrogen-bond acceptors (Lipinski definition) is 4. The zero-order valence-corrected chi connectivity index (χ0v) is 14.1. The standard InChI is InChI=1S/C20H21N3O2/c24-18-10-6-2-5-9-17(18)23-14-21-16-11-12-19(22-20(16)23)25-13-15-7-3-1-4-8-15/h1,3-4,7-8,11-12,14,17H,2,5-6,9-10,13H2. The first-order valence-electron chi connectivity index (χ1n) is 8.84. The number of rotatable bonds is 4. The van der Waals surface area contributed by atoms with Crippen LogP contribution in [0.5, 0.6) is 5.88 Å². The van der Waals surface area contributed by atoms with Crippen LogP contribution in [0.1, 0.15) is 43.7 Å². The summed E-state index contributed by atoms with van der Waals surface area (Å²) in [6, 6.07) is 13.6. The van der Waals surface area contributed by atoms with E-state index >= 15 is 0 Å². The number of fused-ring (bicyclic) bond motifs is 1. The van der Waals surface area contributed by atoms with E-state index in [9.17, 15) is 4.79 Å². The van der Waals surface area contributed by atoms with Crippen molar-refractivity contribution in [3.05, 3.63) is 54.4 Å². The first-order chi connectivity index (χ1) is 12.3. The molecule has 1 unspecified atom stereocenters. The summed E-state index contributed by atoms with van der Waals surface area (Å²) in [5, 5.41) is 0. The monoisotopic (exact) mass is 335 g/mol. The lowest BCUT2D eigenvalue weighted by atomic mass is 10.1. The Hall–Kier alpha value is -2.69.